The number of nitrogens with two attached hydrogens (primary N) is 1. The lowest BCUT2D eigenvalue weighted by Crippen LogP contribution is -2.11. The molecule has 0 aliphatic rings. The molecule has 0 saturated heterocycles. The molecular weight excluding hydrogens is 220 g/mol. The number of benzene rings is 1. The van der Waals surface area contributed by atoms with Crippen molar-refractivity contribution in [1.82, 2.24) is 4.98 Å². The molecule has 0 spiro atoms. The molecule has 14 heavy (non-hydrogen) atoms. The van der Waals surface area contributed by atoms with Gasteiger partial charge in [0.25, 0.3) is 10.0 Å². The molecule has 0 aliphatic heterocycles. The number of nitrogens with zero attached hydrogens (tertiary/aromatic N) is 1. The quantitative estimate of drug-likeness (QED) is 0.798. The fraction of sp³-hybridized carbons (Fsp3) is 0.125. The molecule has 0 fully saturated rings. The molecule has 2 rings (SSSR count). The summed E-state index contributed by atoms with van der Waals surface area (Å²) in [6.07, 6.45) is 0. The van der Waals surface area contributed by atoms with E-state index in [2.05, 4.69) is 4.98 Å². The van der Waals surface area contributed by atoms with E-state index < -0.39 is 10.0 Å². The summed E-state index contributed by atoms with van der Waals surface area (Å²) in [6.45, 7) is 1.93. The van der Waals surface area contributed by atoms with Gasteiger partial charge in [-0.15, -0.1) is 11.3 Å². The second kappa shape index (κ2) is 3.01. The molecule has 74 valence electrons. The predicted octanol–water partition coefficient (Wildman–Crippen LogP) is 1.25. The topological polar surface area (TPSA) is 73.1 Å². The van der Waals surface area contributed by atoms with Gasteiger partial charge < -0.3 is 0 Å². The maximum Gasteiger partial charge on any atom is 0.265 e. The SMILES string of the molecule is Cc1ccc2sc(S(N)(=O)=O)nc2c1. The molecule has 1 heterocycles. The van der Waals surface area contributed by atoms with Gasteiger partial charge in [0, 0.05) is 0 Å². The van der Waals surface area contributed by atoms with Crippen LogP contribution in [0.1, 0.15) is 5.56 Å². The van der Waals surface area contributed by atoms with E-state index >= 15 is 0 Å². The third-order valence-corrected chi connectivity index (χ3v) is 4.12. The zero-order valence-corrected chi connectivity index (χ0v) is 9.02. The number of aromatic nitrogens is 1. The molecular formula is C8H8N2O2S2. The van der Waals surface area contributed by atoms with Crippen LogP contribution in [-0.4, -0.2) is 13.4 Å². The van der Waals surface area contributed by atoms with E-state index in [9.17, 15) is 8.42 Å². The minimum Gasteiger partial charge on any atom is -0.224 e. The normalized spacial score (nSPS) is 12.1. The Kier molecular flexibility index (Phi) is 2.06. The van der Waals surface area contributed by atoms with Crippen molar-refractivity contribution in [2.45, 2.75) is 11.3 Å². The van der Waals surface area contributed by atoms with Crippen LogP contribution in [0.4, 0.5) is 0 Å². The summed E-state index contributed by atoms with van der Waals surface area (Å²) in [5.74, 6) is 0. The number of hydrogen-bond acceptors (Lipinski definition) is 4. The van der Waals surface area contributed by atoms with Crippen LogP contribution in [-0.2, 0) is 10.0 Å². The highest BCUT2D eigenvalue weighted by molar-refractivity contribution is 7.91. The Morgan fingerprint density at radius 2 is 2.14 bits per heavy atom. The van der Waals surface area contributed by atoms with Crippen molar-refractivity contribution in [1.29, 1.82) is 0 Å². The standard InChI is InChI=1S/C8H8N2O2S2/c1-5-2-3-7-6(4-5)10-8(13-7)14(9,11)12/h2-4H,1H3,(H2,9,11,12). The molecule has 0 atom stereocenters. The second-order valence-corrected chi connectivity index (χ2v) is 5.76. The van der Waals surface area contributed by atoms with Gasteiger partial charge in [-0.25, -0.2) is 18.5 Å². The van der Waals surface area contributed by atoms with Gasteiger partial charge in [-0.3, -0.25) is 0 Å². The Labute approximate surface area is 85.4 Å². The summed E-state index contributed by atoms with van der Waals surface area (Å²) in [5.41, 5.74) is 1.72. The van der Waals surface area contributed by atoms with Gasteiger partial charge in [-0.2, -0.15) is 0 Å². The first-order valence-electron chi connectivity index (χ1n) is 3.87. The van der Waals surface area contributed by atoms with E-state index in [4.69, 9.17) is 5.14 Å². The van der Waals surface area contributed by atoms with Crippen molar-refractivity contribution in [2.24, 2.45) is 5.14 Å². The molecule has 4 nitrogen and oxygen atoms in total. The van der Waals surface area contributed by atoms with E-state index in [1.165, 1.54) is 0 Å². The van der Waals surface area contributed by atoms with Gasteiger partial charge in [0.2, 0.25) is 4.34 Å². The van der Waals surface area contributed by atoms with Crippen molar-refractivity contribution >= 4 is 31.6 Å². The Morgan fingerprint density at radius 1 is 1.43 bits per heavy atom. The van der Waals surface area contributed by atoms with Crippen molar-refractivity contribution < 1.29 is 8.42 Å². The van der Waals surface area contributed by atoms with Crippen LogP contribution >= 0.6 is 11.3 Å². The highest BCUT2D eigenvalue weighted by Gasteiger charge is 2.13. The Morgan fingerprint density at radius 3 is 2.79 bits per heavy atom. The first-order valence-corrected chi connectivity index (χ1v) is 6.23. The zero-order chi connectivity index (χ0) is 10.3. The predicted molar refractivity (Wildman–Crippen MR) is 55.7 cm³/mol. The van der Waals surface area contributed by atoms with Crippen LogP contribution in [0.15, 0.2) is 22.5 Å². The number of primary sulfonamides is 1. The molecule has 1 aromatic carbocycles. The maximum atomic E-state index is 11.0. The van der Waals surface area contributed by atoms with Crippen LogP contribution in [0, 0.1) is 6.92 Å². The van der Waals surface area contributed by atoms with Crippen LogP contribution in [0.2, 0.25) is 0 Å². The molecule has 2 N–H and O–H groups in total. The van der Waals surface area contributed by atoms with Crippen LogP contribution < -0.4 is 5.14 Å². The maximum absolute atomic E-state index is 11.0. The van der Waals surface area contributed by atoms with Gasteiger partial charge in [0.15, 0.2) is 0 Å². The summed E-state index contributed by atoms with van der Waals surface area (Å²) in [6, 6.07) is 5.59. The number of aryl methyl sites for hydroxylation is 1. The van der Waals surface area contributed by atoms with Gasteiger partial charge in [-0.05, 0) is 24.6 Å². The minimum atomic E-state index is -3.67. The van der Waals surface area contributed by atoms with Crippen molar-refractivity contribution in [3.63, 3.8) is 0 Å². The van der Waals surface area contributed by atoms with Gasteiger partial charge in [-0.1, -0.05) is 6.07 Å². The monoisotopic (exact) mass is 228 g/mol. The van der Waals surface area contributed by atoms with Crippen molar-refractivity contribution in [3.05, 3.63) is 23.8 Å². The third-order valence-electron chi connectivity index (χ3n) is 1.77. The van der Waals surface area contributed by atoms with E-state index in [0.29, 0.717) is 5.52 Å². The van der Waals surface area contributed by atoms with Gasteiger partial charge >= 0.3 is 0 Å². The smallest absolute Gasteiger partial charge is 0.224 e. The molecule has 1 aromatic heterocycles. The average Bonchev–Trinajstić information content (AvgIpc) is 2.45. The molecule has 0 aliphatic carbocycles. The fourth-order valence-corrected chi connectivity index (χ4v) is 2.77. The molecule has 0 bridgehead atoms. The molecule has 0 unspecified atom stereocenters. The van der Waals surface area contributed by atoms with Crippen LogP contribution in [0.3, 0.4) is 0 Å². The average molecular weight is 228 g/mol. The van der Waals surface area contributed by atoms with Crippen molar-refractivity contribution in [2.75, 3.05) is 0 Å². The molecule has 6 heteroatoms. The first-order chi connectivity index (χ1) is 6.47. The highest BCUT2D eigenvalue weighted by Crippen LogP contribution is 2.24. The van der Waals surface area contributed by atoms with E-state index in [0.717, 1.165) is 21.6 Å². The molecule has 0 amide bonds. The number of fused-ring (bicyclic) bond motifs is 1. The summed E-state index contributed by atoms with van der Waals surface area (Å²) < 4.78 is 22.8. The molecule has 0 radical (unpaired) electrons. The lowest BCUT2D eigenvalue weighted by molar-refractivity contribution is 0.597. The minimum absolute atomic E-state index is 0.0295. The largest absolute Gasteiger partial charge is 0.265 e. The third kappa shape index (κ3) is 1.63. The lowest BCUT2D eigenvalue weighted by Gasteiger charge is -1.88. The summed E-state index contributed by atoms with van der Waals surface area (Å²) in [5, 5.41) is 4.98. The van der Waals surface area contributed by atoms with Gasteiger partial charge in [0.05, 0.1) is 10.2 Å². The number of rotatable bonds is 1. The number of thiazole rings is 1. The Hall–Kier alpha value is -0.980. The van der Waals surface area contributed by atoms with Crippen LogP contribution in [0.25, 0.3) is 10.2 Å². The molecule has 0 saturated carbocycles. The Balaban J connectivity index is 2.75. The zero-order valence-electron chi connectivity index (χ0n) is 7.39. The summed E-state index contributed by atoms with van der Waals surface area (Å²) in [4.78, 5) is 3.95. The van der Waals surface area contributed by atoms with E-state index in [1.807, 2.05) is 25.1 Å². The summed E-state index contributed by atoms with van der Waals surface area (Å²) >= 11 is 1.09. The fourth-order valence-electron chi connectivity index (χ4n) is 1.14. The van der Waals surface area contributed by atoms with Gasteiger partial charge in [0.1, 0.15) is 0 Å². The number of sulfonamides is 1. The summed E-state index contributed by atoms with van der Waals surface area (Å²) in [7, 11) is -3.67. The van der Waals surface area contributed by atoms with E-state index in [1.54, 1.807) is 0 Å². The highest BCUT2D eigenvalue weighted by atomic mass is 32.2. The second-order valence-electron chi connectivity index (χ2n) is 3.00. The van der Waals surface area contributed by atoms with Crippen molar-refractivity contribution in [3.8, 4) is 0 Å². The molecule has 2 aromatic rings. The first kappa shape index (κ1) is 9.57. The lowest BCUT2D eigenvalue weighted by atomic mass is 10.2. The van der Waals surface area contributed by atoms with E-state index in [-0.39, 0.29) is 4.34 Å². The Bertz CT molecular complexity index is 586. The number of hydrogen-bond donors (Lipinski definition) is 1. The van der Waals surface area contributed by atoms with Crippen LogP contribution in [0.5, 0.6) is 0 Å².